The van der Waals surface area contributed by atoms with Crippen LogP contribution in [-0.2, 0) is 4.79 Å². The van der Waals surface area contributed by atoms with Crippen molar-refractivity contribution < 1.29 is 20.1 Å². The molecule has 0 amide bonds. The molecule has 26 heavy (non-hydrogen) atoms. The smallest absolute Gasteiger partial charge is 0.303 e. The number of hydrogen-bond donors (Lipinski definition) is 4. The highest BCUT2D eigenvalue weighted by Crippen LogP contribution is 2.41. The van der Waals surface area contributed by atoms with Gasteiger partial charge in [-0.3, -0.25) is 9.79 Å². The third kappa shape index (κ3) is 4.86. The maximum Gasteiger partial charge on any atom is 0.303 e. The largest absolute Gasteiger partial charge is 0.481 e. The fraction of sp³-hybridized carbons (Fsp3) is 0.800. The van der Waals surface area contributed by atoms with Gasteiger partial charge in [0, 0.05) is 25.3 Å². The van der Waals surface area contributed by atoms with E-state index >= 15 is 0 Å². The van der Waals surface area contributed by atoms with Gasteiger partial charge in [0.1, 0.15) is 0 Å². The van der Waals surface area contributed by atoms with E-state index in [9.17, 15) is 15.0 Å². The molecule has 0 bridgehead atoms. The van der Waals surface area contributed by atoms with Crippen molar-refractivity contribution in [3.63, 3.8) is 0 Å². The van der Waals surface area contributed by atoms with Crippen LogP contribution in [0.4, 0.5) is 0 Å². The molecule has 3 aliphatic rings. The lowest BCUT2D eigenvalue weighted by molar-refractivity contribution is -0.137. The van der Waals surface area contributed by atoms with E-state index in [4.69, 9.17) is 5.11 Å². The highest BCUT2D eigenvalue weighted by molar-refractivity contribution is 5.84. The molecule has 6 heteroatoms. The van der Waals surface area contributed by atoms with Gasteiger partial charge in [-0.2, -0.15) is 0 Å². The first-order valence-electron chi connectivity index (χ1n) is 10.1. The second-order valence-electron chi connectivity index (χ2n) is 8.09. The number of carboxylic acid groups (broad SMARTS) is 1. The SMILES string of the molecule is O=C(O)CCCNC1=NC2CC(O)C(C=C[C@@H](O)C3CCCCC3)C2C1. The fourth-order valence-corrected chi connectivity index (χ4v) is 4.75. The molecule has 0 aromatic carbocycles. The molecule has 0 spiro atoms. The quantitative estimate of drug-likeness (QED) is 0.409. The number of rotatable bonds is 7. The lowest BCUT2D eigenvalue weighted by atomic mass is 9.84. The number of aliphatic carboxylic acids is 1. The summed E-state index contributed by atoms with van der Waals surface area (Å²) in [5.41, 5.74) is 0. The Balaban J connectivity index is 1.49. The maximum absolute atomic E-state index is 10.6. The number of nitrogens with zero attached hydrogens (tertiary/aromatic N) is 1. The van der Waals surface area contributed by atoms with Crippen molar-refractivity contribution in [3.05, 3.63) is 12.2 Å². The van der Waals surface area contributed by atoms with Gasteiger partial charge in [-0.25, -0.2) is 0 Å². The van der Waals surface area contributed by atoms with Crippen LogP contribution >= 0.6 is 0 Å². The minimum atomic E-state index is -0.776. The van der Waals surface area contributed by atoms with E-state index in [-0.39, 0.29) is 24.3 Å². The van der Waals surface area contributed by atoms with E-state index in [1.807, 2.05) is 12.2 Å². The van der Waals surface area contributed by atoms with Gasteiger partial charge >= 0.3 is 5.97 Å². The lowest BCUT2D eigenvalue weighted by Crippen LogP contribution is -2.27. The normalized spacial score (nSPS) is 33.2. The van der Waals surface area contributed by atoms with Gasteiger partial charge < -0.3 is 20.6 Å². The van der Waals surface area contributed by atoms with Crippen molar-refractivity contribution >= 4 is 11.8 Å². The van der Waals surface area contributed by atoms with Crippen LogP contribution in [0.25, 0.3) is 0 Å². The second-order valence-corrected chi connectivity index (χ2v) is 8.09. The van der Waals surface area contributed by atoms with Crippen LogP contribution < -0.4 is 5.32 Å². The van der Waals surface area contributed by atoms with Crippen molar-refractivity contribution in [2.24, 2.45) is 22.7 Å². The Kier molecular flexibility index (Phi) is 6.70. The van der Waals surface area contributed by atoms with E-state index in [1.165, 1.54) is 19.3 Å². The standard InChI is InChI=1S/C20H32N2O4/c23-17(13-5-2-1-3-6-13)9-8-14-15-11-19(21-10-4-7-20(25)26)22-16(15)12-18(14)24/h8-9,13-18,23-24H,1-7,10-12H2,(H,21,22)(H,25,26)/t14?,15?,16?,17-,18?/m1/s1. The molecule has 0 radical (unpaired) electrons. The first kappa shape index (κ1) is 19.4. The van der Waals surface area contributed by atoms with Crippen molar-refractivity contribution in [1.82, 2.24) is 5.32 Å². The number of aliphatic hydroxyl groups excluding tert-OH is 2. The number of aliphatic hydroxyl groups is 2. The topological polar surface area (TPSA) is 102 Å². The molecule has 2 fully saturated rings. The summed E-state index contributed by atoms with van der Waals surface area (Å²) < 4.78 is 0. The monoisotopic (exact) mass is 364 g/mol. The van der Waals surface area contributed by atoms with Crippen LogP contribution in [0.3, 0.4) is 0 Å². The Bertz CT molecular complexity index is 542. The summed E-state index contributed by atoms with van der Waals surface area (Å²) in [6.07, 6.45) is 11.2. The van der Waals surface area contributed by atoms with Gasteiger partial charge in [0.05, 0.1) is 24.1 Å². The predicted octanol–water partition coefficient (Wildman–Crippen LogP) is 2.11. The summed E-state index contributed by atoms with van der Waals surface area (Å²) in [5.74, 6) is 0.841. The zero-order valence-corrected chi connectivity index (χ0v) is 15.4. The minimum absolute atomic E-state index is 0.0420. The van der Waals surface area contributed by atoms with E-state index in [0.29, 0.717) is 25.3 Å². The van der Waals surface area contributed by atoms with Gasteiger partial charge in [-0.15, -0.1) is 0 Å². The van der Waals surface area contributed by atoms with E-state index < -0.39 is 18.2 Å². The molecule has 0 aromatic rings. The Hall–Kier alpha value is -1.40. The van der Waals surface area contributed by atoms with E-state index in [1.54, 1.807) is 0 Å². The first-order chi connectivity index (χ1) is 12.5. The number of fused-ring (bicyclic) bond motifs is 1. The molecule has 5 atom stereocenters. The Morgan fingerprint density at radius 2 is 2.08 bits per heavy atom. The summed E-state index contributed by atoms with van der Waals surface area (Å²) in [6.45, 7) is 0.619. The average Bonchev–Trinajstić information content (AvgIpc) is 3.14. The van der Waals surface area contributed by atoms with Crippen LogP contribution in [0.1, 0.15) is 57.8 Å². The molecule has 1 heterocycles. The molecule has 146 valence electrons. The summed E-state index contributed by atoms with van der Waals surface area (Å²) in [7, 11) is 0. The Morgan fingerprint density at radius 1 is 1.31 bits per heavy atom. The third-order valence-corrected chi connectivity index (χ3v) is 6.23. The first-order valence-corrected chi connectivity index (χ1v) is 10.1. The van der Waals surface area contributed by atoms with Gasteiger partial charge in [0.2, 0.25) is 0 Å². The fourth-order valence-electron chi connectivity index (χ4n) is 4.75. The highest BCUT2D eigenvalue weighted by atomic mass is 16.4. The molecule has 6 nitrogen and oxygen atoms in total. The number of nitrogens with one attached hydrogen (secondary N) is 1. The highest BCUT2D eigenvalue weighted by Gasteiger charge is 2.44. The Morgan fingerprint density at radius 3 is 2.81 bits per heavy atom. The molecule has 4 N–H and O–H groups in total. The van der Waals surface area contributed by atoms with Gasteiger partial charge in [-0.05, 0) is 37.5 Å². The number of amidine groups is 1. The molecule has 2 aliphatic carbocycles. The van der Waals surface area contributed by atoms with Crippen molar-refractivity contribution in [3.8, 4) is 0 Å². The zero-order chi connectivity index (χ0) is 18.5. The van der Waals surface area contributed by atoms with Crippen molar-refractivity contribution in [1.29, 1.82) is 0 Å². The molecule has 4 unspecified atom stereocenters. The lowest BCUT2D eigenvalue weighted by Gasteiger charge is -2.25. The number of carbonyl (C=O) groups is 1. The van der Waals surface area contributed by atoms with Gasteiger partial charge in [0.25, 0.3) is 0 Å². The molecular weight excluding hydrogens is 332 g/mol. The van der Waals surface area contributed by atoms with Gasteiger partial charge in [0.15, 0.2) is 0 Å². The predicted molar refractivity (Wildman–Crippen MR) is 100 cm³/mol. The Labute approximate surface area is 155 Å². The summed E-state index contributed by atoms with van der Waals surface area (Å²) in [5, 5.41) is 32.8. The van der Waals surface area contributed by atoms with Crippen LogP contribution in [0.5, 0.6) is 0 Å². The van der Waals surface area contributed by atoms with Gasteiger partial charge in [-0.1, -0.05) is 31.4 Å². The molecular formula is C20H32N2O4. The number of hydrogen-bond acceptors (Lipinski definition) is 5. The second kappa shape index (κ2) is 9.00. The molecule has 0 aromatic heterocycles. The maximum atomic E-state index is 10.6. The summed E-state index contributed by atoms with van der Waals surface area (Å²) in [6, 6.07) is 0.133. The molecule has 0 saturated heterocycles. The molecule has 2 saturated carbocycles. The van der Waals surface area contributed by atoms with E-state index in [2.05, 4.69) is 10.3 Å². The van der Waals surface area contributed by atoms with Crippen molar-refractivity contribution in [2.45, 2.75) is 76.0 Å². The third-order valence-electron chi connectivity index (χ3n) is 6.23. The molecule has 3 rings (SSSR count). The summed E-state index contributed by atoms with van der Waals surface area (Å²) in [4.78, 5) is 15.2. The number of carboxylic acids is 1. The van der Waals surface area contributed by atoms with Crippen molar-refractivity contribution in [2.75, 3.05) is 6.54 Å². The van der Waals surface area contributed by atoms with E-state index in [0.717, 1.165) is 25.1 Å². The molecule has 1 aliphatic heterocycles. The summed E-state index contributed by atoms with van der Waals surface area (Å²) >= 11 is 0. The van der Waals surface area contributed by atoms with Crippen LogP contribution in [0.2, 0.25) is 0 Å². The minimum Gasteiger partial charge on any atom is -0.481 e. The number of aliphatic imine (C=N–C) groups is 1. The van der Waals surface area contributed by atoms with Crippen LogP contribution in [-0.4, -0.2) is 51.9 Å². The van der Waals surface area contributed by atoms with Crippen LogP contribution in [0.15, 0.2) is 17.1 Å². The average molecular weight is 364 g/mol. The van der Waals surface area contributed by atoms with Crippen LogP contribution in [0, 0.1) is 17.8 Å². The zero-order valence-electron chi connectivity index (χ0n) is 15.4.